The van der Waals surface area contributed by atoms with Gasteiger partial charge in [0.05, 0.1) is 0 Å². The summed E-state index contributed by atoms with van der Waals surface area (Å²) in [4.78, 5) is 16.7. The van der Waals surface area contributed by atoms with Crippen LogP contribution in [0.2, 0.25) is 0 Å². The van der Waals surface area contributed by atoms with Crippen molar-refractivity contribution < 1.29 is 9.53 Å². The van der Waals surface area contributed by atoms with Gasteiger partial charge in [-0.15, -0.1) is 0 Å². The Kier molecular flexibility index (Phi) is 5.73. The van der Waals surface area contributed by atoms with Crippen molar-refractivity contribution in [1.82, 2.24) is 9.80 Å². The zero-order valence-electron chi connectivity index (χ0n) is 15.8. The Bertz CT molecular complexity index is 714. The van der Waals surface area contributed by atoms with Crippen LogP contribution in [0, 0.1) is 5.92 Å². The summed E-state index contributed by atoms with van der Waals surface area (Å²) in [5.41, 5.74) is 2.62. The Morgan fingerprint density at radius 3 is 2.07 bits per heavy atom. The minimum atomic E-state index is -0.122. The van der Waals surface area contributed by atoms with E-state index in [1.54, 1.807) is 0 Å². The van der Waals surface area contributed by atoms with Crippen LogP contribution in [-0.2, 0) is 17.7 Å². The van der Waals surface area contributed by atoms with Crippen LogP contribution in [-0.4, -0.2) is 48.2 Å². The summed E-state index contributed by atoms with van der Waals surface area (Å²) in [5, 5.41) is 0. The maximum absolute atomic E-state index is 12.4. The van der Waals surface area contributed by atoms with Gasteiger partial charge in [-0.2, -0.15) is 0 Å². The molecule has 2 aromatic carbocycles. The highest BCUT2D eigenvalue weighted by atomic mass is 16.6. The second kappa shape index (κ2) is 8.57. The first-order chi connectivity index (χ1) is 13.3. The van der Waals surface area contributed by atoms with Crippen LogP contribution in [0.15, 0.2) is 60.7 Å². The van der Waals surface area contributed by atoms with Crippen LogP contribution in [0.1, 0.15) is 24.0 Å². The number of amides is 1. The van der Waals surface area contributed by atoms with Gasteiger partial charge in [-0.05, 0) is 49.4 Å². The molecule has 0 unspecified atom stereocenters. The molecule has 2 aromatic rings. The maximum atomic E-state index is 12.4. The van der Waals surface area contributed by atoms with Crippen LogP contribution in [0.4, 0.5) is 4.79 Å². The van der Waals surface area contributed by atoms with Gasteiger partial charge >= 0.3 is 6.09 Å². The Morgan fingerprint density at radius 1 is 0.852 bits per heavy atom. The molecule has 3 fully saturated rings. The summed E-state index contributed by atoms with van der Waals surface area (Å²) < 4.78 is 5.83. The molecule has 6 rings (SSSR count). The lowest BCUT2D eigenvalue weighted by atomic mass is 9.86. The molecule has 4 heteroatoms. The highest BCUT2D eigenvalue weighted by molar-refractivity contribution is 5.68. The fourth-order valence-corrected chi connectivity index (χ4v) is 4.28. The standard InChI is InChI=1S/C17H22N2O2.C6H6/c20-17(21-16-12-18-8-5-14(16)6-9-18)19-10-7-13-3-1-2-4-15(13)11-19;1-2-4-6-5-3-1/h1-4,14,16H,5-12H2;1-6H/t16-;/m1./s1. The Morgan fingerprint density at radius 2 is 1.48 bits per heavy atom. The number of benzene rings is 2. The fourth-order valence-electron chi connectivity index (χ4n) is 4.28. The van der Waals surface area contributed by atoms with E-state index >= 15 is 0 Å². The van der Waals surface area contributed by atoms with E-state index < -0.39 is 0 Å². The Balaban J connectivity index is 0.000000257. The highest BCUT2D eigenvalue weighted by Gasteiger charge is 2.37. The predicted octanol–water partition coefficient (Wildman–Crippen LogP) is 3.96. The first-order valence-electron chi connectivity index (χ1n) is 10.0. The van der Waals surface area contributed by atoms with Gasteiger partial charge in [0.25, 0.3) is 0 Å². The van der Waals surface area contributed by atoms with E-state index in [9.17, 15) is 4.79 Å². The number of fused-ring (bicyclic) bond motifs is 4. The van der Waals surface area contributed by atoms with Crippen molar-refractivity contribution in [3.63, 3.8) is 0 Å². The second-order valence-electron chi connectivity index (χ2n) is 7.66. The van der Waals surface area contributed by atoms with Gasteiger partial charge in [0.1, 0.15) is 6.10 Å². The maximum Gasteiger partial charge on any atom is 0.410 e. The van der Waals surface area contributed by atoms with E-state index in [1.807, 2.05) is 47.4 Å². The zero-order chi connectivity index (χ0) is 18.5. The van der Waals surface area contributed by atoms with Gasteiger partial charge < -0.3 is 9.64 Å². The van der Waals surface area contributed by atoms with Crippen LogP contribution in [0.25, 0.3) is 0 Å². The number of carbonyl (C=O) groups excluding carboxylic acids is 1. The molecule has 0 N–H and O–H groups in total. The fraction of sp³-hybridized carbons (Fsp3) is 0.435. The van der Waals surface area contributed by atoms with E-state index in [1.165, 1.54) is 37.1 Å². The third kappa shape index (κ3) is 4.51. The normalized spacial score (nSPS) is 25.8. The minimum Gasteiger partial charge on any atom is -0.444 e. The first kappa shape index (κ1) is 18.1. The lowest BCUT2D eigenvalue weighted by molar-refractivity contribution is -0.0446. The van der Waals surface area contributed by atoms with Gasteiger partial charge in [-0.25, -0.2) is 4.79 Å². The minimum absolute atomic E-state index is 0.108. The molecule has 0 radical (unpaired) electrons. The average molecular weight is 364 g/mol. The number of rotatable bonds is 1. The largest absolute Gasteiger partial charge is 0.444 e. The van der Waals surface area contributed by atoms with Crippen LogP contribution < -0.4 is 0 Å². The number of nitrogens with zero attached hydrogens (tertiary/aromatic N) is 2. The van der Waals surface area contributed by atoms with Crippen molar-refractivity contribution in [2.24, 2.45) is 5.92 Å². The highest BCUT2D eigenvalue weighted by Crippen LogP contribution is 2.30. The van der Waals surface area contributed by atoms with Crippen LogP contribution in [0.5, 0.6) is 0 Å². The zero-order valence-corrected chi connectivity index (χ0v) is 15.8. The Labute approximate surface area is 161 Å². The second-order valence-corrected chi connectivity index (χ2v) is 7.66. The molecule has 3 saturated heterocycles. The molecule has 0 aliphatic carbocycles. The van der Waals surface area contributed by atoms with Crippen molar-refractivity contribution in [3.05, 3.63) is 71.8 Å². The van der Waals surface area contributed by atoms with E-state index in [2.05, 4.69) is 23.1 Å². The number of hydrogen-bond acceptors (Lipinski definition) is 3. The number of hydrogen-bond donors (Lipinski definition) is 0. The molecular formula is C23H28N2O2. The molecule has 1 amide bonds. The van der Waals surface area contributed by atoms with E-state index in [4.69, 9.17) is 4.74 Å². The van der Waals surface area contributed by atoms with E-state index in [-0.39, 0.29) is 12.2 Å². The Hall–Kier alpha value is -2.33. The van der Waals surface area contributed by atoms with Gasteiger partial charge in [-0.1, -0.05) is 60.7 Å². The average Bonchev–Trinajstić information content (AvgIpc) is 2.76. The molecule has 4 aliphatic heterocycles. The molecule has 0 saturated carbocycles. The van der Waals surface area contributed by atoms with Crippen molar-refractivity contribution in [3.8, 4) is 0 Å². The smallest absolute Gasteiger partial charge is 0.410 e. The quantitative estimate of drug-likeness (QED) is 0.768. The lowest BCUT2D eigenvalue weighted by Crippen LogP contribution is -2.53. The number of ether oxygens (including phenoxy) is 1. The molecule has 4 heterocycles. The summed E-state index contributed by atoms with van der Waals surface area (Å²) in [7, 11) is 0. The van der Waals surface area contributed by atoms with Crippen molar-refractivity contribution in [2.45, 2.75) is 31.9 Å². The third-order valence-electron chi connectivity index (χ3n) is 5.90. The first-order valence-corrected chi connectivity index (χ1v) is 10.0. The molecular weight excluding hydrogens is 336 g/mol. The van der Waals surface area contributed by atoms with Crippen molar-refractivity contribution >= 4 is 6.09 Å². The summed E-state index contributed by atoms with van der Waals surface area (Å²) in [5.74, 6) is 0.580. The topological polar surface area (TPSA) is 32.8 Å². The number of carbonyl (C=O) groups is 1. The van der Waals surface area contributed by atoms with Crippen LogP contribution >= 0.6 is 0 Å². The SMILES string of the molecule is O=C(O[C@@H]1CN2CCC1CC2)N1CCc2ccccc2C1.c1ccccc1. The third-order valence-corrected chi connectivity index (χ3v) is 5.90. The van der Waals surface area contributed by atoms with Gasteiger partial charge in [0.15, 0.2) is 0 Å². The summed E-state index contributed by atoms with van der Waals surface area (Å²) >= 11 is 0. The molecule has 1 atom stereocenters. The predicted molar refractivity (Wildman–Crippen MR) is 106 cm³/mol. The molecule has 2 bridgehead atoms. The summed E-state index contributed by atoms with van der Waals surface area (Å²) in [6.07, 6.45) is 3.29. The van der Waals surface area contributed by atoms with Gasteiger partial charge in [0.2, 0.25) is 0 Å². The molecule has 0 aromatic heterocycles. The number of piperidine rings is 3. The van der Waals surface area contributed by atoms with E-state index in [0.717, 1.165) is 19.5 Å². The van der Waals surface area contributed by atoms with Gasteiger partial charge in [-0.3, -0.25) is 4.90 Å². The van der Waals surface area contributed by atoms with Crippen molar-refractivity contribution in [1.29, 1.82) is 0 Å². The van der Waals surface area contributed by atoms with Gasteiger partial charge in [0, 0.05) is 19.6 Å². The summed E-state index contributed by atoms with van der Waals surface area (Å²) in [6, 6.07) is 20.4. The molecule has 142 valence electrons. The molecule has 4 nitrogen and oxygen atoms in total. The lowest BCUT2D eigenvalue weighted by Gasteiger charge is -2.44. The molecule has 27 heavy (non-hydrogen) atoms. The van der Waals surface area contributed by atoms with Crippen LogP contribution in [0.3, 0.4) is 0 Å². The van der Waals surface area contributed by atoms with Crippen molar-refractivity contribution in [2.75, 3.05) is 26.2 Å². The monoisotopic (exact) mass is 364 g/mol. The molecule has 0 spiro atoms. The molecule has 4 aliphatic rings. The van der Waals surface area contributed by atoms with E-state index in [0.29, 0.717) is 12.5 Å². The summed E-state index contributed by atoms with van der Waals surface area (Å²) in [6.45, 7) is 4.75.